The van der Waals surface area contributed by atoms with E-state index in [0.717, 1.165) is 45.7 Å². The minimum Gasteiger partial charge on any atom is -0.381 e. The van der Waals surface area contributed by atoms with E-state index in [9.17, 15) is 4.79 Å². The summed E-state index contributed by atoms with van der Waals surface area (Å²) in [4.78, 5) is 16.9. The van der Waals surface area contributed by atoms with E-state index >= 15 is 0 Å². The molecule has 0 radical (unpaired) electrons. The summed E-state index contributed by atoms with van der Waals surface area (Å²) in [6.45, 7) is 5.66. The molecule has 0 aliphatic carbocycles. The van der Waals surface area contributed by atoms with Gasteiger partial charge in [0.1, 0.15) is 0 Å². The quantitative estimate of drug-likeness (QED) is 0.593. The molecule has 1 heterocycles. The maximum Gasteiger partial charge on any atom is 0.255 e. The summed E-state index contributed by atoms with van der Waals surface area (Å²) in [5.74, 6) is -0.0450. The van der Waals surface area contributed by atoms with Crippen molar-refractivity contribution in [1.29, 1.82) is 0 Å². The van der Waals surface area contributed by atoms with Crippen LogP contribution < -0.4 is 0 Å². The summed E-state index contributed by atoms with van der Waals surface area (Å²) >= 11 is 12.2. The normalized spacial score (nSPS) is 15.0. The SMILES string of the molecule is O=C(c1cccc(Cl)c1Cl)N1CCN(CCCOCCc2ccccc2)CC1. The van der Waals surface area contributed by atoms with Crippen LogP contribution in [0.25, 0.3) is 0 Å². The van der Waals surface area contributed by atoms with Crippen LogP contribution in [0.1, 0.15) is 22.3 Å². The van der Waals surface area contributed by atoms with Crippen LogP contribution in [0.2, 0.25) is 10.0 Å². The highest BCUT2D eigenvalue weighted by atomic mass is 35.5. The van der Waals surface area contributed by atoms with Crippen molar-refractivity contribution in [2.45, 2.75) is 12.8 Å². The predicted molar refractivity (Wildman–Crippen MR) is 114 cm³/mol. The molecule has 150 valence electrons. The smallest absolute Gasteiger partial charge is 0.255 e. The van der Waals surface area contributed by atoms with E-state index in [0.29, 0.717) is 28.7 Å². The Bertz CT molecular complexity index is 762. The van der Waals surface area contributed by atoms with E-state index in [1.165, 1.54) is 5.56 Å². The maximum atomic E-state index is 12.7. The average Bonchev–Trinajstić information content (AvgIpc) is 2.73. The van der Waals surface area contributed by atoms with Gasteiger partial charge in [0.2, 0.25) is 0 Å². The Balaban J connectivity index is 1.32. The highest BCUT2D eigenvalue weighted by Gasteiger charge is 2.23. The Hall–Kier alpha value is -1.59. The van der Waals surface area contributed by atoms with Crippen LogP contribution in [0.3, 0.4) is 0 Å². The highest BCUT2D eigenvalue weighted by molar-refractivity contribution is 6.43. The van der Waals surface area contributed by atoms with Crippen LogP contribution in [-0.2, 0) is 11.2 Å². The topological polar surface area (TPSA) is 32.8 Å². The van der Waals surface area contributed by atoms with Gasteiger partial charge in [-0.3, -0.25) is 9.69 Å². The van der Waals surface area contributed by atoms with Crippen molar-refractivity contribution >= 4 is 29.1 Å². The largest absolute Gasteiger partial charge is 0.381 e. The van der Waals surface area contributed by atoms with Gasteiger partial charge < -0.3 is 9.64 Å². The molecule has 6 heteroatoms. The zero-order valence-electron chi connectivity index (χ0n) is 15.9. The van der Waals surface area contributed by atoms with Crippen molar-refractivity contribution in [1.82, 2.24) is 9.80 Å². The fraction of sp³-hybridized carbons (Fsp3) is 0.409. The van der Waals surface area contributed by atoms with E-state index in [2.05, 4.69) is 29.2 Å². The van der Waals surface area contributed by atoms with Crippen LogP contribution in [0.15, 0.2) is 48.5 Å². The lowest BCUT2D eigenvalue weighted by atomic mass is 10.1. The number of carbonyl (C=O) groups is 1. The van der Waals surface area contributed by atoms with Crippen LogP contribution in [-0.4, -0.2) is 61.6 Å². The highest BCUT2D eigenvalue weighted by Crippen LogP contribution is 2.26. The molecule has 0 saturated carbocycles. The lowest BCUT2D eigenvalue weighted by Gasteiger charge is -2.35. The van der Waals surface area contributed by atoms with Gasteiger partial charge in [-0.1, -0.05) is 59.6 Å². The fourth-order valence-corrected chi connectivity index (χ4v) is 3.72. The number of hydrogen-bond donors (Lipinski definition) is 0. The summed E-state index contributed by atoms with van der Waals surface area (Å²) in [5, 5.41) is 0.752. The van der Waals surface area contributed by atoms with E-state index in [4.69, 9.17) is 27.9 Å². The van der Waals surface area contributed by atoms with Crippen molar-refractivity contribution in [3.8, 4) is 0 Å². The summed E-state index contributed by atoms with van der Waals surface area (Å²) < 4.78 is 5.75. The van der Waals surface area contributed by atoms with Gasteiger partial charge >= 0.3 is 0 Å². The summed E-state index contributed by atoms with van der Waals surface area (Å²) in [7, 11) is 0. The summed E-state index contributed by atoms with van der Waals surface area (Å²) in [6.07, 6.45) is 1.95. The third-order valence-corrected chi connectivity index (χ3v) is 5.80. The molecule has 0 aromatic heterocycles. The number of rotatable bonds is 8. The van der Waals surface area contributed by atoms with Gasteiger partial charge in [0.15, 0.2) is 0 Å². The van der Waals surface area contributed by atoms with Gasteiger partial charge in [-0.25, -0.2) is 0 Å². The van der Waals surface area contributed by atoms with Gasteiger partial charge in [0, 0.05) is 39.3 Å². The zero-order valence-corrected chi connectivity index (χ0v) is 17.5. The standard InChI is InChI=1S/C22H26Cl2N2O2/c23-20-9-4-8-19(21(20)24)22(27)26-14-12-25(13-15-26)11-5-16-28-17-10-18-6-2-1-3-7-18/h1-4,6-9H,5,10-17H2. The first-order chi connectivity index (χ1) is 13.6. The molecule has 0 bridgehead atoms. The Morgan fingerprint density at radius 1 is 0.929 bits per heavy atom. The lowest BCUT2D eigenvalue weighted by molar-refractivity contribution is 0.0613. The Kier molecular flexibility index (Phi) is 8.16. The number of amides is 1. The zero-order chi connectivity index (χ0) is 19.8. The number of halogens is 2. The molecule has 1 saturated heterocycles. The molecule has 3 rings (SSSR count). The molecular formula is C22H26Cl2N2O2. The van der Waals surface area contributed by atoms with E-state index < -0.39 is 0 Å². The third-order valence-electron chi connectivity index (χ3n) is 4.98. The molecule has 1 fully saturated rings. The molecule has 28 heavy (non-hydrogen) atoms. The van der Waals surface area contributed by atoms with Crippen LogP contribution in [0.5, 0.6) is 0 Å². The molecule has 0 N–H and O–H groups in total. The molecule has 0 spiro atoms. The molecule has 1 amide bonds. The molecule has 2 aromatic carbocycles. The first-order valence-corrected chi connectivity index (χ1v) is 10.5. The molecule has 0 unspecified atom stereocenters. The number of piperazine rings is 1. The second kappa shape index (κ2) is 10.8. The van der Waals surface area contributed by atoms with Gasteiger partial charge in [0.05, 0.1) is 22.2 Å². The van der Waals surface area contributed by atoms with Gasteiger partial charge in [-0.05, 0) is 30.5 Å². The summed E-state index contributed by atoms with van der Waals surface area (Å²) in [6, 6.07) is 15.6. The van der Waals surface area contributed by atoms with Gasteiger partial charge in [0.25, 0.3) is 5.91 Å². The number of hydrogen-bond acceptors (Lipinski definition) is 3. The van der Waals surface area contributed by atoms with Gasteiger partial charge in [-0.15, -0.1) is 0 Å². The minimum atomic E-state index is -0.0450. The number of nitrogens with zero attached hydrogens (tertiary/aromatic N) is 2. The number of ether oxygens (including phenoxy) is 1. The summed E-state index contributed by atoms with van der Waals surface area (Å²) in [5.41, 5.74) is 1.79. The first kappa shape index (κ1) is 21.1. The molecular weight excluding hydrogens is 395 g/mol. The Morgan fingerprint density at radius 3 is 2.43 bits per heavy atom. The van der Waals surface area contributed by atoms with Crippen molar-refractivity contribution in [3.63, 3.8) is 0 Å². The second-order valence-corrected chi connectivity index (χ2v) is 7.72. The number of benzene rings is 2. The average molecular weight is 421 g/mol. The Morgan fingerprint density at radius 2 is 1.68 bits per heavy atom. The molecule has 2 aromatic rings. The van der Waals surface area contributed by atoms with Crippen molar-refractivity contribution < 1.29 is 9.53 Å². The second-order valence-electron chi connectivity index (χ2n) is 6.94. The number of carbonyl (C=O) groups excluding carboxylic acids is 1. The Labute approximate surface area is 177 Å². The van der Waals surface area contributed by atoms with Gasteiger partial charge in [-0.2, -0.15) is 0 Å². The monoisotopic (exact) mass is 420 g/mol. The van der Waals surface area contributed by atoms with Crippen LogP contribution >= 0.6 is 23.2 Å². The molecule has 4 nitrogen and oxygen atoms in total. The van der Waals surface area contributed by atoms with Crippen LogP contribution in [0, 0.1) is 0 Å². The van der Waals surface area contributed by atoms with Crippen LogP contribution in [0.4, 0.5) is 0 Å². The van der Waals surface area contributed by atoms with Crippen molar-refractivity contribution in [2.75, 3.05) is 45.9 Å². The van der Waals surface area contributed by atoms with E-state index in [1.54, 1.807) is 18.2 Å². The van der Waals surface area contributed by atoms with Crippen molar-refractivity contribution in [3.05, 3.63) is 69.7 Å². The third kappa shape index (κ3) is 5.95. The van der Waals surface area contributed by atoms with E-state index in [1.807, 2.05) is 11.0 Å². The van der Waals surface area contributed by atoms with Crippen molar-refractivity contribution in [2.24, 2.45) is 0 Å². The van der Waals surface area contributed by atoms with E-state index in [-0.39, 0.29) is 5.91 Å². The minimum absolute atomic E-state index is 0.0450. The predicted octanol–water partition coefficient (Wildman–Crippen LogP) is 4.40. The molecule has 1 aliphatic rings. The molecule has 0 atom stereocenters. The lowest BCUT2D eigenvalue weighted by Crippen LogP contribution is -2.49. The fourth-order valence-electron chi connectivity index (χ4n) is 3.34. The first-order valence-electron chi connectivity index (χ1n) is 9.72. The molecule has 1 aliphatic heterocycles. The maximum absolute atomic E-state index is 12.7.